The number of allylic oxidation sites excluding steroid dienone is 1. The molecule has 9 atom stereocenters. The number of nitrogens with two attached hydrogens (primary N) is 1. The Balaban J connectivity index is 0.00000486. The Hall–Kier alpha value is -2.13. The van der Waals surface area contributed by atoms with Crippen LogP contribution in [0.5, 0.6) is 0 Å². The van der Waals surface area contributed by atoms with Crippen molar-refractivity contribution in [1.29, 1.82) is 0 Å². The highest BCUT2D eigenvalue weighted by atomic mass is 35.5. The third kappa shape index (κ3) is 5.74. The number of carboxylic acids is 1. The Morgan fingerprint density at radius 1 is 0.960 bits per heavy atom. The summed E-state index contributed by atoms with van der Waals surface area (Å²) in [4.78, 5) is 54.2. The van der Waals surface area contributed by atoms with E-state index in [1.807, 2.05) is 4.90 Å². The van der Waals surface area contributed by atoms with E-state index in [9.17, 15) is 24.3 Å². The predicted molar refractivity (Wildman–Crippen MR) is 196 cm³/mol. The van der Waals surface area contributed by atoms with Gasteiger partial charge in [0.15, 0.2) is 5.78 Å². The average Bonchev–Trinajstić information content (AvgIpc) is 3.55. The summed E-state index contributed by atoms with van der Waals surface area (Å²) in [5.41, 5.74) is 6.44. The Labute approximate surface area is 306 Å². The largest absolute Gasteiger partial charge is 0.481 e. The zero-order valence-corrected chi connectivity index (χ0v) is 32.9. The summed E-state index contributed by atoms with van der Waals surface area (Å²) >= 11 is 0. The van der Waals surface area contributed by atoms with Crippen LogP contribution in [0, 0.1) is 50.7 Å². The molecule has 0 spiro atoms. The number of nitrogens with zero attached hydrogens (tertiary/aromatic N) is 1. The summed E-state index contributed by atoms with van der Waals surface area (Å²) in [6.07, 6.45) is 8.49. The Kier molecular flexibility index (Phi) is 9.98. The molecule has 6 rings (SSSR count). The summed E-state index contributed by atoms with van der Waals surface area (Å²) in [5.74, 6) is -0.0317. The van der Waals surface area contributed by atoms with Gasteiger partial charge in [-0.3, -0.25) is 14.4 Å². The van der Waals surface area contributed by atoms with Gasteiger partial charge in [0.2, 0.25) is 0 Å². The van der Waals surface area contributed by atoms with E-state index in [4.69, 9.17) is 10.5 Å². The smallest absolute Gasteiger partial charge is 0.318 e. The van der Waals surface area contributed by atoms with Crippen molar-refractivity contribution in [3.05, 3.63) is 11.1 Å². The maximum atomic E-state index is 13.9. The lowest BCUT2D eigenvalue weighted by Gasteiger charge is -2.72. The number of aliphatic carboxylic acids is 1. The number of Topliss-reactive ketones (excluding diaryl/α,β-unsaturated/α-hetero) is 1. The zero-order chi connectivity index (χ0) is 36.1. The minimum atomic E-state index is -1.16. The van der Waals surface area contributed by atoms with E-state index < -0.39 is 22.9 Å². The van der Waals surface area contributed by atoms with Gasteiger partial charge in [0, 0.05) is 31.0 Å². The van der Waals surface area contributed by atoms with Crippen molar-refractivity contribution in [3.63, 3.8) is 0 Å². The zero-order valence-electron chi connectivity index (χ0n) is 32.1. The van der Waals surface area contributed by atoms with Gasteiger partial charge in [0.25, 0.3) is 0 Å². The first-order valence-corrected chi connectivity index (χ1v) is 19.2. The molecule has 5 aliphatic carbocycles. The van der Waals surface area contributed by atoms with Crippen LogP contribution >= 0.6 is 12.4 Å². The minimum absolute atomic E-state index is 0. The molecule has 1 saturated heterocycles. The van der Waals surface area contributed by atoms with Crippen molar-refractivity contribution in [3.8, 4) is 0 Å². The molecule has 0 bridgehead atoms. The fourth-order valence-corrected chi connectivity index (χ4v) is 12.8. The summed E-state index contributed by atoms with van der Waals surface area (Å²) in [6, 6.07) is -0.0711. The molecule has 6 aliphatic rings. The molecule has 10 heteroatoms. The fraction of sp³-hybridized carbons (Fsp3) is 0.850. The number of hydrogen-bond acceptors (Lipinski definition) is 6. The first-order valence-electron chi connectivity index (χ1n) is 19.2. The molecule has 4 N–H and O–H groups in total. The van der Waals surface area contributed by atoms with Crippen molar-refractivity contribution in [2.75, 3.05) is 13.1 Å². The number of esters is 1. The monoisotopic (exact) mass is 717 g/mol. The van der Waals surface area contributed by atoms with E-state index in [-0.39, 0.29) is 76.3 Å². The van der Waals surface area contributed by atoms with Crippen LogP contribution in [0.4, 0.5) is 4.79 Å². The number of ether oxygens (including phenoxy) is 1. The highest BCUT2D eigenvalue weighted by molar-refractivity contribution is 6.02. The molecule has 1 heterocycles. The van der Waals surface area contributed by atoms with E-state index in [1.54, 1.807) is 13.8 Å². The van der Waals surface area contributed by atoms with Crippen LogP contribution in [0.2, 0.25) is 0 Å². The van der Waals surface area contributed by atoms with Crippen molar-refractivity contribution in [1.82, 2.24) is 10.2 Å². The Morgan fingerprint density at radius 3 is 2.24 bits per heavy atom. The highest BCUT2D eigenvalue weighted by Crippen LogP contribution is 2.76. The topological polar surface area (TPSA) is 139 Å². The molecule has 0 radical (unpaired) electrons. The number of halogens is 1. The first-order chi connectivity index (χ1) is 22.6. The van der Waals surface area contributed by atoms with Crippen molar-refractivity contribution in [2.45, 2.75) is 151 Å². The number of rotatable bonds is 6. The van der Waals surface area contributed by atoms with Crippen LogP contribution in [-0.4, -0.2) is 64.5 Å². The molecule has 0 aromatic carbocycles. The van der Waals surface area contributed by atoms with Crippen LogP contribution in [0.1, 0.15) is 133 Å². The number of amides is 2. The molecule has 282 valence electrons. The lowest BCUT2D eigenvalue weighted by molar-refractivity contribution is -0.232. The number of fused-ring (bicyclic) bond motifs is 7. The lowest BCUT2D eigenvalue weighted by Crippen LogP contribution is -2.67. The fourth-order valence-electron chi connectivity index (χ4n) is 12.8. The van der Waals surface area contributed by atoms with E-state index in [2.05, 4.69) is 53.8 Å². The molecular formula is C40H64ClN3O6. The van der Waals surface area contributed by atoms with Crippen molar-refractivity contribution >= 4 is 36.2 Å². The lowest BCUT2D eigenvalue weighted by atomic mass is 9.33. The maximum absolute atomic E-state index is 13.9. The minimum Gasteiger partial charge on any atom is -0.481 e. The molecule has 9 nitrogen and oxygen atoms in total. The third-order valence-electron chi connectivity index (χ3n) is 15.7. The molecule has 5 fully saturated rings. The highest BCUT2D eigenvalue weighted by Gasteiger charge is 2.70. The van der Waals surface area contributed by atoms with E-state index >= 15 is 0 Å². The van der Waals surface area contributed by atoms with Gasteiger partial charge in [0.05, 0.1) is 17.4 Å². The summed E-state index contributed by atoms with van der Waals surface area (Å²) < 4.78 is 6.15. The quantitative estimate of drug-likeness (QED) is 0.245. The maximum Gasteiger partial charge on any atom is 0.318 e. The molecule has 4 saturated carbocycles. The number of carbonyl (C=O) groups is 4. The molecule has 0 aromatic rings. The number of urea groups is 1. The number of carbonyl (C=O) groups excluding carboxylic acids is 3. The van der Waals surface area contributed by atoms with Crippen LogP contribution in [0.25, 0.3) is 0 Å². The number of nitrogens with one attached hydrogen (secondary N) is 1. The summed E-state index contributed by atoms with van der Waals surface area (Å²) in [5, 5.41) is 13.1. The number of hydrogen-bond donors (Lipinski definition) is 3. The second kappa shape index (κ2) is 12.8. The molecule has 1 aliphatic heterocycles. The van der Waals surface area contributed by atoms with Gasteiger partial charge >= 0.3 is 18.0 Å². The molecule has 3 unspecified atom stereocenters. The average molecular weight is 718 g/mol. The normalized spacial score (nSPS) is 40.7. The van der Waals surface area contributed by atoms with Gasteiger partial charge in [-0.05, 0) is 123 Å². The number of carboxylic acid groups (broad SMARTS) is 1. The second-order valence-electron chi connectivity index (χ2n) is 19.4. The van der Waals surface area contributed by atoms with E-state index in [0.29, 0.717) is 31.3 Å². The first kappa shape index (κ1) is 39.1. The van der Waals surface area contributed by atoms with Crippen LogP contribution < -0.4 is 11.1 Å². The Morgan fingerprint density at radius 2 is 1.64 bits per heavy atom. The van der Waals surface area contributed by atoms with E-state index in [1.165, 1.54) is 5.57 Å². The second-order valence-corrected chi connectivity index (χ2v) is 19.4. The van der Waals surface area contributed by atoms with Gasteiger partial charge in [-0.1, -0.05) is 48.5 Å². The SMILES string of the molecule is CC(C)C1=C2C3CCC4[C@@]5(C)CC[C@H](OC(=O)CC(C)(C)C(=O)O)C(C)(C)C5CC[C@@]4(C)[C@]3(C)CC[C@@]2(NC(=O)N2CC[C@@H](N)C2)CC1=O.Cl. The molecule has 0 aromatic heterocycles. The predicted octanol–water partition coefficient (Wildman–Crippen LogP) is 7.30. The van der Waals surface area contributed by atoms with Crippen LogP contribution in [0.15, 0.2) is 11.1 Å². The van der Waals surface area contributed by atoms with Crippen LogP contribution in [-0.2, 0) is 19.1 Å². The van der Waals surface area contributed by atoms with Gasteiger partial charge in [-0.15, -0.1) is 12.4 Å². The van der Waals surface area contributed by atoms with Gasteiger partial charge < -0.3 is 25.8 Å². The molecule has 50 heavy (non-hydrogen) atoms. The number of likely N-dealkylation sites (tertiary alicyclic amines) is 1. The number of ketones is 1. The van der Waals surface area contributed by atoms with Crippen molar-refractivity contribution in [2.24, 2.45) is 56.5 Å². The van der Waals surface area contributed by atoms with Crippen molar-refractivity contribution < 1.29 is 29.0 Å². The van der Waals surface area contributed by atoms with E-state index in [0.717, 1.165) is 63.4 Å². The van der Waals surface area contributed by atoms with Gasteiger partial charge in [-0.2, -0.15) is 0 Å². The summed E-state index contributed by atoms with van der Waals surface area (Å²) in [7, 11) is 0. The molecular weight excluding hydrogens is 654 g/mol. The molecule has 2 amide bonds. The van der Waals surface area contributed by atoms with Crippen LogP contribution in [0.3, 0.4) is 0 Å². The van der Waals surface area contributed by atoms with Gasteiger partial charge in [-0.25, -0.2) is 4.79 Å². The standard InChI is InChI=1S/C40H63N3O6.ClH/c1-23(2)31-26(44)20-40(42-34(48)43-19-14-24(41)22-43)18-17-38(8)25(32(31)40)10-11-28-37(7)15-13-29(49-30(45)21-35(3,4)33(46)47)36(5,6)27(37)12-16-39(28,38)9;/h23-25,27-29H,10-22,41H2,1-9H3,(H,42,48)(H,46,47);1H/t24-,25?,27?,28?,29+,37+,38-,39-,40-;/m1./s1. The summed E-state index contributed by atoms with van der Waals surface area (Å²) in [6.45, 7) is 20.7. The van der Waals surface area contributed by atoms with Gasteiger partial charge in [0.1, 0.15) is 6.10 Å². The Bertz CT molecular complexity index is 1460. The third-order valence-corrected chi connectivity index (χ3v) is 15.7.